The highest BCUT2D eigenvalue weighted by atomic mass is 16.5. The molecule has 3 N–H and O–H groups in total. The van der Waals surface area contributed by atoms with Crippen molar-refractivity contribution in [1.82, 2.24) is 20.9 Å². The van der Waals surface area contributed by atoms with Crippen LogP contribution in [0.3, 0.4) is 0 Å². The standard InChI is InChI=1S/C28H36N4O4/c1-19(2)18-24(28-32-25(20(3)35-28)27(34)30-17-9-8-16-29-4)31-26(33)21-12-14-23(15-13-21)36-22-10-6-5-7-11-22/h5-7,10-15,19,24,29H,8-9,16-18H2,1-4H3,(H,30,34)(H,31,33)/t24-/m0/s1. The van der Waals surface area contributed by atoms with Crippen LogP contribution in [0.5, 0.6) is 11.5 Å². The van der Waals surface area contributed by atoms with E-state index in [1.165, 1.54) is 0 Å². The molecule has 0 radical (unpaired) electrons. The number of unbranched alkanes of at least 4 members (excludes halogenated alkanes) is 1. The van der Waals surface area contributed by atoms with Crippen molar-refractivity contribution in [3.8, 4) is 11.5 Å². The van der Waals surface area contributed by atoms with Gasteiger partial charge in [0, 0.05) is 12.1 Å². The Hall–Kier alpha value is -3.65. The average molecular weight is 493 g/mol. The molecule has 0 saturated heterocycles. The molecule has 0 spiro atoms. The molecule has 2 aromatic carbocycles. The second kappa shape index (κ2) is 13.4. The molecule has 0 aliphatic carbocycles. The molecule has 1 atom stereocenters. The first-order valence-corrected chi connectivity index (χ1v) is 12.4. The van der Waals surface area contributed by atoms with E-state index >= 15 is 0 Å². The molecule has 8 nitrogen and oxygen atoms in total. The van der Waals surface area contributed by atoms with E-state index in [0.29, 0.717) is 35.9 Å². The molecule has 0 unspecified atom stereocenters. The maximum absolute atomic E-state index is 13.0. The maximum Gasteiger partial charge on any atom is 0.273 e. The normalized spacial score (nSPS) is 11.8. The monoisotopic (exact) mass is 492 g/mol. The van der Waals surface area contributed by atoms with Gasteiger partial charge in [0.05, 0.1) is 0 Å². The number of oxazole rings is 1. The molecule has 1 aromatic heterocycles. The predicted molar refractivity (Wildman–Crippen MR) is 139 cm³/mol. The van der Waals surface area contributed by atoms with Crippen LogP contribution in [-0.4, -0.2) is 36.9 Å². The Kier molecular flexibility index (Phi) is 10.1. The van der Waals surface area contributed by atoms with Gasteiger partial charge in [0.2, 0.25) is 5.89 Å². The van der Waals surface area contributed by atoms with Crippen molar-refractivity contribution < 1.29 is 18.7 Å². The molecular weight excluding hydrogens is 456 g/mol. The third-order valence-corrected chi connectivity index (χ3v) is 5.57. The number of hydrogen-bond acceptors (Lipinski definition) is 6. The van der Waals surface area contributed by atoms with Crippen LogP contribution in [0, 0.1) is 12.8 Å². The average Bonchev–Trinajstić information content (AvgIpc) is 3.26. The number of hydrogen-bond donors (Lipinski definition) is 3. The number of ether oxygens (including phenoxy) is 1. The van der Waals surface area contributed by atoms with Gasteiger partial charge in [-0.05, 0) is 82.1 Å². The van der Waals surface area contributed by atoms with Gasteiger partial charge in [-0.25, -0.2) is 4.98 Å². The summed E-state index contributed by atoms with van der Waals surface area (Å²) < 4.78 is 11.7. The number of para-hydroxylation sites is 1. The molecule has 3 aromatic rings. The van der Waals surface area contributed by atoms with Crippen LogP contribution in [0.15, 0.2) is 59.0 Å². The van der Waals surface area contributed by atoms with Gasteiger partial charge in [-0.1, -0.05) is 32.0 Å². The van der Waals surface area contributed by atoms with Crippen LogP contribution in [-0.2, 0) is 0 Å². The molecule has 1 heterocycles. The molecule has 0 aliphatic heterocycles. The van der Waals surface area contributed by atoms with Gasteiger partial charge in [0.15, 0.2) is 5.69 Å². The second-order valence-corrected chi connectivity index (χ2v) is 9.12. The summed E-state index contributed by atoms with van der Waals surface area (Å²) in [5, 5.41) is 9.00. The Balaban J connectivity index is 1.66. The number of carbonyl (C=O) groups is 2. The Morgan fingerprint density at radius 1 is 0.944 bits per heavy atom. The number of nitrogens with one attached hydrogen (secondary N) is 3. The SMILES string of the molecule is CNCCCCNC(=O)c1nc([C@H](CC(C)C)NC(=O)c2ccc(Oc3ccccc3)cc2)oc1C. The van der Waals surface area contributed by atoms with Crippen molar-refractivity contribution >= 4 is 11.8 Å². The van der Waals surface area contributed by atoms with Crippen LogP contribution in [0.4, 0.5) is 0 Å². The Morgan fingerprint density at radius 3 is 2.28 bits per heavy atom. The molecule has 2 amide bonds. The number of aryl methyl sites for hydroxylation is 1. The summed E-state index contributed by atoms with van der Waals surface area (Å²) in [5.41, 5.74) is 0.746. The molecule has 36 heavy (non-hydrogen) atoms. The van der Waals surface area contributed by atoms with Gasteiger partial charge in [0.25, 0.3) is 11.8 Å². The first-order valence-electron chi connectivity index (χ1n) is 12.4. The number of aromatic nitrogens is 1. The zero-order valence-electron chi connectivity index (χ0n) is 21.5. The fraction of sp³-hybridized carbons (Fsp3) is 0.393. The summed E-state index contributed by atoms with van der Waals surface area (Å²) in [4.78, 5) is 30.1. The number of benzene rings is 2. The Morgan fingerprint density at radius 2 is 1.61 bits per heavy atom. The highest BCUT2D eigenvalue weighted by Gasteiger charge is 2.25. The van der Waals surface area contributed by atoms with E-state index < -0.39 is 6.04 Å². The van der Waals surface area contributed by atoms with Crippen LogP contribution in [0.1, 0.15) is 71.6 Å². The van der Waals surface area contributed by atoms with E-state index in [-0.39, 0.29) is 23.4 Å². The minimum atomic E-state index is -0.464. The Bertz CT molecular complexity index is 1110. The maximum atomic E-state index is 13.0. The molecule has 0 fully saturated rings. The summed E-state index contributed by atoms with van der Waals surface area (Å²) in [5.74, 6) is 1.88. The quantitative estimate of drug-likeness (QED) is 0.289. The second-order valence-electron chi connectivity index (χ2n) is 9.12. The van der Waals surface area contributed by atoms with Gasteiger partial charge >= 0.3 is 0 Å². The van der Waals surface area contributed by atoms with Gasteiger partial charge in [-0.2, -0.15) is 0 Å². The minimum Gasteiger partial charge on any atom is -0.457 e. The smallest absolute Gasteiger partial charge is 0.273 e. The van der Waals surface area contributed by atoms with Crippen molar-refractivity contribution in [2.24, 2.45) is 5.92 Å². The van der Waals surface area contributed by atoms with E-state index in [0.717, 1.165) is 25.1 Å². The largest absolute Gasteiger partial charge is 0.457 e. The number of rotatable bonds is 13. The minimum absolute atomic E-state index is 0.252. The van der Waals surface area contributed by atoms with Gasteiger partial charge < -0.3 is 25.1 Å². The summed E-state index contributed by atoms with van der Waals surface area (Å²) in [6.07, 6.45) is 2.46. The molecular formula is C28H36N4O4. The van der Waals surface area contributed by atoms with Crippen molar-refractivity contribution in [2.45, 2.75) is 46.1 Å². The highest BCUT2D eigenvalue weighted by molar-refractivity contribution is 5.95. The van der Waals surface area contributed by atoms with Crippen LogP contribution < -0.4 is 20.7 Å². The lowest BCUT2D eigenvalue weighted by Gasteiger charge is -2.18. The zero-order chi connectivity index (χ0) is 25.9. The first kappa shape index (κ1) is 26.9. The van der Waals surface area contributed by atoms with Crippen LogP contribution >= 0.6 is 0 Å². The fourth-order valence-electron chi connectivity index (χ4n) is 3.72. The third kappa shape index (κ3) is 7.95. The van der Waals surface area contributed by atoms with Gasteiger partial charge in [-0.3, -0.25) is 9.59 Å². The summed E-state index contributed by atoms with van der Waals surface area (Å²) >= 11 is 0. The summed E-state index contributed by atoms with van der Waals surface area (Å²) in [6.45, 7) is 7.31. The molecule has 192 valence electrons. The lowest BCUT2D eigenvalue weighted by atomic mass is 10.0. The van der Waals surface area contributed by atoms with E-state index in [4.69, 9.17) is 9.15 Å². The number of amides is 2. The molecule has 0 aliphatic rings. The topological polar surface area (TPSA) is 105 Å². The molecule has 8 heteroatoms. The van der Waals surface area contributed by atoms with E-state index in [1.54, 1.807) is 31.2 Å². The summed E-state index contributed by atoms with van der Waals surface area (Å²) in [6, 6.07) is 15.9. The van der Waals surface area contributed by atoms with E-state index in [1.807, 2.05) is 37.4 Å². The van der Waals surface area contributed by atoms with Crippen LogP contribution in [0.2, 0.25) is 0 Å². The first-order chi connectivity index (χ1) is 17.4. The molecule has 0 saturated carbocycles. The number of carbonyl (C=O) groups excluding carboxylic acids is 2. The molecule has 0 bridgehead atoms. The predicted octanol–water partition coefficient (Wildman–Crippen LogP) is 5.02. The fourth-order valence-corrected chi connectivity index (χ4v) is 3.72. The molecule has 3 rings (SSSR count). The van der Waals surface area contributed by atoms with Crippen molar-refractivity contribution in [2.75, 3.05) is 20.1 Å². The van der Waals surface area contributed by atoms with Crippen molar-refractivity contribution in [1.29, 1.82) is 0 Å². The van der Waals surface area contributed by atoms with Crippen LogP contribution in [0.25, 0.3) is 0 Å². The zero-order valence-corrected chi connectivity index (χ0v) is 21.5. The third-order valence-electron chi connectivity index (χ3n) is 5.57. The lowest BCUT2D eigenvalue weighted by molar-refractivity contribution is 0.0922. The highest BCUT2D eigenvalue weighted by Crippen LogP contribution is 2.25. The van der Waals surface area contributed by atoms with E-state index in [9.17, 15) is 9.59 Å². The van der Waals surface area contributed by atoms with Crippen molar-refractivity contribution in [3.05, 3.63) is 77.5 Å². The number of nitrogens with zero attached hydrogens (tertiary/aromatic N) is 1. The van der Waals surface area contributed by atoms with Crippen molar-refractivity contribution in [3.63, 3.8) is 0 Å². The Labute approximate surface area is 212 Å². The summed E-state index contributed by atoms with van der Waals surface area (Å²) in [7, 11) is 1.90. The van der Waals surface area contributed by atoms with E-state index in [2.05, 4.69) is 34.8 Å². The lowest BCUT2D eigenvalue weighted by Crippen LogP contribution is -2.30. The van der Waals surface area contributed by atoms with Gasteiger partial charge in [0.1, 0.15) is 23.3 Å². The van der Waals surface area contributed by atoms with Gasteiger partial charge in [-0.15, -0.1) is 0 Å².